The number of hydrogen-bond donors (Lipinski definition) is 1. The molecule has 0 unspecified atom stereocenters. The first kappa shape index (κ1) is 12.8. The average Bonchev–Trinajstić information content (AvgIpc) is 2.17. The Kier molecular flexibility index (Phi) is 4.15. The van der Waals surface area contributed by atoms with E-state index in [2.05, 4.69) is 17.6 Å². The van der Waals surface area contributed by atoms with Gasteiger partial charge in [-0.15, -0.1) is 5.73 Å². The van der Waals surface area contributed by atoms with E-state index in [9.17, 15) is 18.0 Å². The number of carbonyl (C=O) groups is 1. The van der Waals surface area contributed by atoms with Gasteiger partial charge in [-0.2, -0.15) is 13.2 Å². The van der Waals surface area contributed by atoms with Crippen molar-refractivity contribution in [3.8, 4) is 0 Å². The second-order valence-corrected chi connectivity index (χ2v) is 3.48. The first-order valence-corrected chi connectivity index (χ1v) is 4.76. The largest absolute Gasteiger partial charge is 0.395 e. The highest BCUT2D eigenvalue weighted by molar-refractivity contribution is 5.87. The summed E-state index contributed by atoms with van der Waals surface area (Å²) in [5.41, 5.74) is 2.21. The fourth-order valence-electron chi connectivity index (χ4n) is 1.55. The van der Waals surface area contributed by atoms with Gasteiger partial charge in [0, 0.05) is 18.7 Å². The van der Waals surface area contributed by atoms with Gasteiger partial charge in [-0.25, -0.2) is 0 Å². The molecule has 1 fully saturated rings. The van der Waals surface area contributed by atoms with Crippen molar-refractivity contribution in [2.75, 3.05) is 13.2 Å². The van der Waals surface area contributed by atoms with Crippen molar-refractivity contribution < 1.29 is 22.7 Å². The van der Waals surface area contributed by atoms with E-state index in [0.717, 1.165) is 6.08 Å². The van der Waals surface area contributed by atoms with E-state index in [4.69, 9.17) is 4.74 Å². The van der Waals surface area contributed by atoms with Crippen LogP contribution in [0.1, 0.15) is 6.42 Å². The van der Waals surface area contributed by atoms with Gasteiger partial charge in [0.25, 0.3) is 5.91 Å². The molecule has 1 amide bonds. The molecule has 0 aromatic rings. The Morgan fingerprint density at radius 2 is 2.25 bits per heavy atom. The zero-order chi connectivity index (χ0) is 12.2. The van der Waals surface area contributed by atoms with Gasteiger partial charge in [-0.3, -0.25) is 4.79 Å². The normalized spacial score (nSPS) is 25.7. The average molecular weight is 235 g/mol. The summed E-state index contributed by atoms with van der Waals surface area (Å²) < 4.78 is 42.4. The molecule has 16 heavy (non-hydrogen) atoms. The van der Waals surface area contributed by atoms with Crippen LogP contribution in [0.15, 0.2) is 18.4 Å². The van der Waals surface area contributed by atoms with Gasteiger partial charge in [-0.05, 0) is 6.42 Å². The second kappa shape index (κ2) is 5.18. The van der Waals surface area contributed by atoms with Crippen LogP contribution < -0.4 is 5.32 Å². The van der Waals surface area contributed by atoms with E-state index in [1.165, 1.54) is 0 Å². The van der Waals surface area contributed by atoms with E-state index in [1.807, 2.05) is 0 Å². The highest BCUT2D eigenvalue weighted by Gasteiger charge is 2.46. The molecular weight excluding hydrogens is 223 g/mol. The SMILES string of the molecule is C=C=CC(=O)N[C@H]1CCOC[C@H]1C(F)(F)F. The molecule has 1 aliphatic rings. The molecule has 3 nitrogen and oxygen atoms in total. The lowest BCUT2D eigenvalue weighted by Crippen LogP contribution is -2.50. The molecule has 0 aliphatic carbocycles. The van der Waals surface area contributed by atoms with E-state index in [0.29, 0.717) is 0 Å². The molecule has 1 N–H and O–H groups in total. The van der Waals surface area contributed by atoms with Crippen LogP contribution in [0.3, 0.4) is 0 Å². The zero-order valence-corrected chi connectivity index (χ0v) is 8.51. The fourth-order valence-corrected chi connectivity index (χ4v) is 1.55. The minimum Gasteiger partial charge on any atom is -0.381 e. The number of hydrogen-bond acceptors (Lipinski definition) is 2. The van der Waals surface area contributed by atoms with Gasteiger partial charge in [0.1, 0.15) is 0 Å². The van der Waals surface area contributed by atoms with Crippen molar-refractivity contribution in [3.05, 3.63) is 18.4 Å². The van der Waals surface area contributed by atoms with Crippen LogP contribution >= 0.6 is 0 Å². The molecule has 6 heteroatoms. The van der Waals surface area contributed by atoms with Crippen molar-refractivity contribution >= 4 is 5.91 Å². The number of amides is 1. The molecule has 1 saturated heterocycles. The third kappa shape index (κ3) is 3.40. The minimum absolute atomic E-state index is 0.154. The van der Waals surface area contributed by atoms with E-state index in [-0.39, 0.29) is 13.0 Å². The van der Waals surface area contributed by atoms with Gasteiger partial charge < -0.3 is 10.1 Å². The minimum atomic E-state index is -4.36. The van der Waals surface area contributed by atoms with Gasteiger partial charge in [0.2, 0.25) is 0 Å². The van der Waals surface area contributed by atoms with Crippen LogP contribution in [0.5, 0.6) is 0 Å². The predicted molar refractivity (Wildman–Crippen MR) is 50.6 cm³/mol. The zero-order valence-electron chi connectivity index (χ0n) is 8.51. The van der Waals surface area contributed by atoms with E-state index < -0.39 is 30.7 Å². The molecule has 2 atom stereocenters. The Bertz CT molecular complexity index is 308. The van der Waals surface area contributed by atoms with Crippen LogP contribution in [0.25, 0.3) is 0 Å². The summed E-state index contributed by atoms with van der Waals surface area (Å²) in [6.45, 7) is 2.98. The molecule has 0 spiro atoms. The lowest BCUT2D eigenvalue weighted by Gasteiger charge is -2.33. The molecule has 0 aromatic carbocycles. The monoisotopic (exact) mass is 235 g/mol. The Morgan fingerprint density at radius 3 is 2.81 bits per heavy atom. The van der Waals surface area contributed by atoms with Crippen molar-refractivity contribution in [3.63, 3.8) is 0 Å². The predicted octanol–water partition coefficient (Wildman–Crippen LogP) is 1.41. The van der Waals surface area contributed by atoms with Gasteiger partial charge in [0.05, 0.1) is 12.5 Å². The maximum Gasteiger partial charge on any atom is 0.395 e. The maximum atomic E-state index is 12.6. The smallest absolute Gasteiger partial charge is 0.381 e. The number of alkyl halides is 3. The number of carbonyl (C=O) groups excluding carboxylic acids is 1. The van der Waals surface area contributed by atoms with Gasteiger partial charge in [0.15, 0.2) is 0 Å². The summed E-state index contributed by atoms with van der Waals surface area (Å²) in [7, 11) is 0. The lowest BCUT2D eigenvalue weighted by atomic mass is 9.95. The standard InChI is InChI=1S/C10H12F3NO2/c1-2-3-9(15)14-8-4-5-16-6-7(8)10(11,12)13/h3,7-8H,1,4-6H2,(H,14,15)/t7-,8+/m1/s1. The summed E-state index contributed by atoms with van der Waals surface area (Å²) in [4.78, 5) is 11.1. The topological polar surface area (TPSA) is 38.3 Å². The van der Waals surface area contributed by atoms with Crippen LogP contribution in [-0.2, 0) is 9.53 Å². The summed E-state index contributed by atoms with van der Waals surface area (Å²) in [6.07, 6.45) is -3.24. The molecule has 0 aromatic heterocycles. The molecule has 0 radical (unpaired) electrons. The fraction of sp³-hybridized carbons (Fsp3) is 0.600. The highest BCUT2D eigenvalue weighted by atomic mass is 19.4. The third-order valence-electron chi connectivity index (χ3n) is 2.34. The van der Waals surface area contributed by atoms with Crippen molar-refractivity contribution in [1.82, 2.24) is 5.32 Å². The molecule has 1 aliphatic heterocycles. The molecular formula is C10H12F3NO2. The summed E-state index contributed by atoms with van der Waals surface area (Å²) in [5.74, 6) is -2.26. The number of rotatable bonds is 2. The highest BCUT2D eigenvalue weighted by Crippen LogP contribution is 2.32. The molecule has 1 heterocycles. The first-order chi connectivity index (χ1) is 7.45. The van der Waals surface area contributed by atoms with E-state index in [1.54, 1.807) is 0 Å². The van der Waals surface area contributed by atoms with Crippen LogP contribution in [0.2, 0.25) is 0 Å². The summed E-state index contributed by atoms with van der Waals surface area (Å²) in [6, 6.07) is -0.939. The van der Waals surface area contributed by atoms with Crippen molar-refractivity contribution in [2.24, 2.45) is 5.92 Å². The molecule has 90 valence electrons. The first-order valence-electron chi connectivity index (χ1n) is 4.76. The van der Waals surface area contributed by atoms with Crippen molar-refractivity contribution in [1.29, 1.82) is 0 Å². The second-order valence-electron chi connectivity index (χ2n) is 3.48. The summed E-state index contributed by atoms with van der Waals surface area (Å²) >= 11 is 0. The van der Waals surface area contributed by atoms with Crippen molar-refractivity contribution in [2.45, 2.75) is 18.6 Å². The number of nitrogens with one attached hydrogen (secondary N) is 1. The number of ether oxygens (including phenoxy) is 1. The Labute approximate surface area is 91.0 Å². The van der Waals surface area contributed by atoms with Crippen LogP contribution in [-0.4, -0.2) is 31.3 Å². The van der Waals surface area contributed by atoms with Crippen LogP contribution in [0.4, 0.5) is 13.2 Å². The molecule has 1 rings (SSSR count). The Balaban J connectivity index is 2.67. The molecule has 0 bridgehead atoms. The molecule has 0 saturated carbocycles. The van der Waals surface area contributed by atoms with Crippen LogP contribution in [0, 0.1) is 5.92 Å². The Morgan fingerprint density at radius 1 is 1.56 bits per heavy atom. The van der Waals surface area contributed by atoms with Gasteiger partial charge in [-0.1, -0.05) is 6.58 Å². The van der Waals surface area contributed by atoms with Gasteiger partial charge >= 0.3 is 6.18 Å². The lowest BCUT2D eigenvalue weighted by molar-refractivity contribution is -0.207. The summed E-state index contributed by atoms with van der Waals surface area (Å²) in [5, 5.41) is 2.28. The number of halogens is 3. The maximum absolute atomic E-state index is 12.6. The van der Waals surface area contributed by atoms with E-state index >= 15 is 0 Å². The Hall–Kier alpha value is -1.26. The quantitative estimate of drug-likeness (QED) is 0.580. The third-order valence-corrected chi connectivity index (χ3v) is 2.34.